The number of benzene rings is 1. The second-order valence-electron chi connectivity index (χ2n) is 5.62. The van der Waals surface area contributed by atoms with Crippen LogP contribution in [-0.4, -0.2) is 34.9 Å². The Morgan fingerprint density at radius 1 is 1.07 bits per heavy atom. The lowest BCUT2D eigenvalue weighted by Crippen LogP contribution is -2.15. The van der Waals surface area contributed by atoms with E-state index in [9.17, 15) is 0 Å². The molecule has 1 aromatic carbocycles. The molecule has 4 aromatic rings. The van der Waals surface area contributed by atoms with Crippen molar-refractivity contribution in [3.63, 3.8) is 0 Å². The SMILES string of the molecule is C[C@H](Nc1ncnc2c(Cl)cc(I)cc12)c1ncnn1-c1ccc(Cl)nn1. The third-order valence-corrected chi connectivity index (χ3v) is 4.92. The van der Waals surface area contributed by atoms with Crippen molar-refractivity contribution >= 4 is 62.5 Å². The minimum Gasteiger partial charge on any atom is -0.360 e. The van der Waals surface area contributed by atoms with Gasteiger partial charge in [-0.1, -0.05) is 23.2 Å². The predicted molar refractivity (Wildman–Crippen MR) is 111 cm³/mol. The number of nitrogens with one attached hydrogen (secondary N) is 1. The maximum atomic E-state index is 6.31. The zero-order valence-electron chi connectivity index (χ0n) is 13.8. The summed E-state index contributed by atoms with van der Waals surface area (Å²) in [6, 6.07) is 6.99. The van der Waals surface area contributed by atoms with Gasteiger partial charge in [0.2, 0.25) is 0 Å². The molecule has 0 saturated heterocycles. The summed E-state index contributed by atoms with van der Waals surface area (Å²) in [6.45, 7) is 1.95. The molecule has 0 aliphatic carbocycles. The summed E-state index contributed by atoms with van der Waals surface area (Å²) >= 11 is 14.3. The van der Waals surface area contributed by atoms with Crippen LogP contribution in [0.25, 0.3) is 16.7 Å². The minimum atomic E-state index is -0.222. The summed E-state index contributed by atoms with van der Waals surface area (Å²) < 4.78 is 2.59. The Morgan fingerprint density at radius 3 is 2.70 bits per heavy atom. The van der Waals surface area contributed by atoms with Gasteiger partial charge in [-0.3, -0.25) is 0 Å². The fourth-order valence-corrected chi connectivity index (χ4v) is 3.80. The second-order valence-corrected chi connectivity index (χ2v) is 7.66. The van der Waals surface area contributed by atoms with E-state index in [1.54, 1.807) is 16.8 Å². The molecule has 0 saturated carbocycles. The van der Waals surface area contributed by atoms with Gasteiger partial charge in [-0.05, 0) is 53.8 Å². The molecule has 0 fully saturated rings. The second kappa shape index (κ2) is 7.49. The number of hydrogen-bond donors (Lipinski definition) is 1. The molecule has 27 heavy (non-hydrogen) atoms. The van der Waals surface area contributed by atoms with Crippen LogP contribution in [-0.2, 0) is 0 Å². The zero-order valence-corrected chi connectivity index (χ0v) is 17.5. The van der Waals surface area contributed by atoms with Crippen molar-refractivity contribution in [3.05, 3.63) is 56.5 Å². The molecular formula is C16H11Cl2IN8. The van der Waals surface area contributed by atoms with Gasteiger partial charge in [-0.15, -0.1) is 10.2 Å². The first-order valence-corrected chi connectivity index (χ1v) is 9.62. The fraction of sp³-hybridized carbons (Fsp3) is 0.125. The van der Waals surface area contributed by atoms with E-state index in [1.165, 1.54) is 12.7 Å². The van der Waals surface area contributed by atoms with Gasteiger partial charge in [0.15, 0.2) is 16.8 Å². The Labute approximate surface area is 177 Å². The highest BCUT2D eigenvalue weighted by atomic mass is 127. The van der Waals surface area contributed by atoms with Crippen LogP contribution in [0, 0.1) is 3.57 Å². The lowest BCUT2D eigenvalue weighted by Gasteiger charge is -2.16. The Bertz CT molecular complexity index is 1120. The highest BCUT2D eigenvalue weighted by molar-refractivity contribution is 14.1. The molecule has 0 bridgehead atoms. The molecule has 1 N–H and O–H groups in total. The number of aromatic nitrogens is 7. The van der Waals surface area contributed by atoms with Crippen molar-refractivity contribution in [1.29, 1.82) is 0 Å². The van der Waals surface area contributed by atoms with Crippen LogP contribution in [0.15, 0.2) is 36.9 Å². The molecule has 4 rings (SSSR count). The van der Waals surface area contributed by atoms with Gasteiger partial charge >= 0.3 is 0 Å². The lowest BCUT2D eigenvalue weighted by atomic mass is 10.2. The molecule has 136 valence electrons. The van der Waals surface area contributed by atoms with E-state index >= 15 is 0 Å². The van der Waals surface area contributed by atoms with E-state index in [0.29, 0.717) is 33.2 Å². The minimum absolute atomic E-state index is 0.222. The van der Waals surface area contributed by atoms with Gasteiger partial charge in [0.1, 0.15) is 18.5 Å². The van der Waals surface area contributed by atoms with Crippen LogP contribution in [0.3, 0.4) is 0 Å². The average Bonchev–Trinajstić information content (AvgIpc) is 3.13. The molecule has 0 aliphatic rings. The summed E-state index contributed by atoms with van der Waals surface area (Å²) in [4.78, 5) is 13.0. The van der Waals surface area contributed by atoms with Crippen molar-refractivity contribution in [2.75, 3.05) is 5.32 Å². The summed E-state index contributed by atoms with van der Waals surface area (Å²) in [5.74, 6) is 1.82. The van der Waals surface area contributed by atoms with Crippen LogP contribution < -0.4 is 5.32 Å². The van der Waals surface area contributed by atoms with Crippen LogP contribution in [0.1, 0.15) is 18.8 Å². The predicted octanol–water partition coefficient (Wildman–Crippen LogP) is 4.09. The van der Waals surface area contributed by atoms with Gasteiger partial charge in [0.05, 0.1) is 16.6 Å². The smallest absolute Gasteiger partial charge is 0.178 e. The van der Waals surface area contributed by atoms with Gasteiger partial charge in [-0.2, -0.15) is 9.78 Å². The Morgan fingerprint density at radius 2 is 1.93 bits per heavy atom. The zero-order chi connectivity index (χ0) is 19.0. The van der Waals surface area contributed by atoms with Crippen LogP contribution >= 0.6 is 45.8 Å². The third-order valence-electron chi connectivity index (χ3n) is 3.81. The fourth-order valence-electron chi connectivity index (χ4n) is 2.62. The molecule has 0 amide bonds. The van der Waals surface area contributed by atoms with Crippen LogP contribution in [0.4, 0.5) is 5.82 Å². The third kappa shape index (κ3) is 3.66. The number of halogens is 3. The van der Waals surface area contributed by atoms with E-state index in [0.717, 1.165) is 8.96 Å². The summed E-state index contributed by atoms with van der Waals surface area (Å²) in [5.41, 5.74) is 0.687. The normalized spacial score (nSPS) is 12.3. The standard InChI is InChI=1S/C16H11Cl2IN8/c1-8(16-22-7-23-27(16)13-3-2-12(18)25-26-13)24-15-10-4-9(19)5-11(17)14(10)20-6-21-15/h2-8H,1H3,(H,20,21,24)/t8-/m0/s1. The largest absolute Gasteiger partial charge is 0.360 e. The van der Waals surface area contributed by atoms with E-state index in [4.69, 9.17) is 23.2 Å². The number of anilines is 1. The summed E-state index contributed by atoms with van der Waals surface area (Å²) in [7, 11) is 0. The Kier molecular flexibility index (Phi) is 5.06. The highest BCUT2D eigenvalue weighted by Gasteiger charge is 2.18. The Hall–Kier alpha value is -2.11. The molecule has 0 spiro atoms. The highest BCUT2D eigenvalue weighted by Crippen LogP contribution is 2.30. The van der Waals surface area contributed by atoms with Gasteiger partial charge < -0.3 is 5.32 Å². The van der Waals surface area contributed by atoms with E-state index < -0.39 is 0 Å². The Balaban J connectivity index is 1.70. The molecule has 0 unspecified atom stereocenters. The number of nitrogens with zero attached hydrogens (tertiary/aromatic N) is 7. The summed E-state index contributed by atoms with van der Waals surface area (Å²) in [6.07, 6.45) is 2.94. The van der Waals surface area contributed by atoms with Gasteiger partial charge in [-0.25, -0.2) is 15.0 Å². The topological polar surface area (TPSA) is 94.3 Å². The van der Waals surface area contributed by atoms with Gasteiger partial charge in [0, 0.05) is 8.96 Å². The van der Waals surface area contributed by atoms with Crippen molar-refractivity contribution in [3.8, 4) is 5.82 Å². The molecular weight excluding hydrogens is 502 g/mol. The van der Waals surface area contributed by atoms with Crippen molar-refractivity contribution in [2.45, 2.75) is 13.0 Å². The molecule has 8 nitrogen and oxygen atoms in total. The van der Waals surface area contributed by atoms with Crippen molar-refractivity contribution < 1.29 is 0 Å². The first kappa shape index (κ1) is 18.3. The first-order valence-electron chi connectivity index (χ1n) is 7.79. The van der Waals surface area contributed by atoms with Crippen molar-refractivity contribution in [2.24, 2.45) is 0 Å². The number of hydrogen-bond acceptors (Lipinski definition) is 7. The van der Waals surface area contributed by atoms with Gasteiger partial charge in [0.25, 0.3) is 0 Å². The quantitative estimate of drug-likeness (QED) is 0.411. The van der Waals surface area contributed by atoms with E-state index in [-0.39, 0.29) is 6.04 Å². The molecule has 1 atom stereocenters. The molecule has 3 heterocycles. The molecule has 0 radical (unpaired) electrons. The first-order chi connectivity index (χ1) is 13.0. The molecule has 11 heteroatoms. The van der Waals surface area contributed by atoms with Crippen LogP contribution in [0.5, 0.6) is 0 Å². The number of fused-ring (bicyclic) bond motifs is 1. The van der Waals surface area contributed by atoms with Crippen molar-refractivity contribution in [1.82, 2.24) is 34.9 Å². The van der Waals surface area contributed by atoms with E-state index in [1.807, 2.05) is 19.1 Å². The van der Waals surface area contributed by atoms with Crippen LogP contribution in [0.2, 0.25) is 10.2 Å². The maximum Gasteiger partial charge on any atom is 0.178 e. The molecule has 0 aliphatic heterocycles. The number of rotatable bonds is 4. The monoisotopic (exact) mass is 512 g/mol. The average molecular weight is 513 g/mol. The molecule has 3 aromatic heterocycles. The lowest BCUT2D eigenvalue weighted by molar-refractivity contribution is 0.701. The maximum absolute atomic E-state index is 6.31. The summed E-state index contributed by atoms with van der Waals surface area (Å²) in [5, 5.41) is 17.2. The van der Waals surface area contributed by atoms with E-state index in [2.05, 4.69) is 58.2 Å².